The van der Waals surface area contributed by atoms with E-state index in [0.29, 0.717) is 0 Å². The first-order valence-corrected chi connectivity index (χ1v) is 5.20. The standard InChI is InChI=1S/C9H12N2OS/c10-9(12)7-5-11-4-6(7)8-2-1-3-13-8/h1-3,6-7,11H,4-5H2,(H2,10,12). The molecule has 3 N–H and O–H groups in total. The number of rotatable bonds is 2. The van der Waals surface area contributed by atoms with Crippen LogP contribution in [0, 0.1) is 5.92 Å². The third-order valence-electron chi connectivity index (χ3n) is 2.49. The molecule has 1 amide bonds. The highest BCUT2D eigenvalue weighted by Gasteiger charge is 2.32. The zero-order chi connectivity index (χ0) is 9.26. The van der Waals surface area contributed by atoms with Crippen molar-refractivity contribution in [3.8, 4) is 0 Å². The third-order valence-corrected chi connectivity index (χ3v) is 3.49. The van der Waals surface area contributed by atoms with Gasteiger partial charge < -0.3 is 11.1 Å². The topological polar surface area (TPSA) is 55.1 Å². The van der Waals surface area contributed by atoms with Crippen molar-refractivity contribution in [1.29, 1.82) is 0 Å². The zero-order valence-electron chi connectivity index (χ0n) is 7.19. The number of thiophene rings is 1. The van der Waals surface area contributed by atoms with Crippen LogP contribution in [-0.4, -0.2) is 19.0 Å². The molecule has 13 heavy (non-hydrogen) atoms. The van der Waals surface area contributed by atoms with Crippen molar-refractivity contribution in [3.63, 3.8) is 0 Å². The molecular formula is C9H12N2OS. The monoisotopic (exact) mass is 196 g/mol. The molecule has 0 aromatic carbocycles. The van der Waals surface area contributed by atoms with E-state index in [4.69, 9.17) is 5.73 Å². The smallest absolute Gasteiger partial charge is 0.222 e. The molecule has 1 fully saturated rings. The van der Waals surface area contributed by atoms with Crippen molar-refractivity contribution in [1.82, 2.24) is 5.32 Å². The average molecular weight is 196 g/mol. The maximum atomic E-state index is 11.1. The van der Waals surface area contributed by atoms with Gasteiger partial charge in [0.05, 0.1) is 5.92 Å². The summed E-state index contributed by atoms with van der Waals surface area (Å²) in [5.41, 5.74) is 5.32. The first kappa shape index (κ1) is 8.72. The van der Waals surface area contributed by atoms with Crippen molar-refractivity contribution in [3.05, 3.63) is 22.4 Å². The van der Waals surface area contributed by atoms with Gasteiger partial charge in [0.25, 0.3) is 0 Å². The lowest BCUT2D eigenvalue weighted by Crippen LogP contribution is -2.28. The number of nitrogens with two attached hydrogens (primary N) is 1. The fraction of sp³-hybridized carbons (Fsp3) is 0.444. The van der Waals surface area contributed by atoms with Gasteiger partial charge in [0.2, 0.25) is 5.91 Å². The predicted octanol–water partition coefficient (Wildman–Crippen LogP) is 0.536. The number of primary amides is 1. The van der Waals surface area contributed by atoms with Crippen LogP contribution in [0.4, 0.5) is 0 Å². The summed E-state index contributed by atoms with van der Waals surface area (Å²) in [5, 5.41) is 5.23. The van der Waals surface area contributed by atoms with Gasteiger partial charge in [-0.2, -0.15) is 0 Å². The van der Waals surface area contributed by atoms with Crippen molar-refractivity contribution >= 4 is 17.2 Å². The van der Waals surface area contributed by atoms with Gasteiger partial charge in [0.15, 0.2) is 0 Å². The van der Waals surface area contributed by atoms with Gasteiger partial charge in [-0.25, -0.2) is 0 Å². The van der Waals surface area contributed by atoms with E-state index >= 15 is 0 Å². The number of hydrogen-bond acceptors (Lipinski definition) is 3. The average Bonchev–Trinajstić information content (AvgIpc) is 2.74. The third kappa shape index (κ3) is 1.59. The van der Waals surface area contributed by atoms with Gasteiger partial charge in [-0.15, -0.1) is 11.3 Å². The molecule has 3 nitrogen and oxygen atoms in total. The van der Waals surface area contributed by atoms with E-state index in [0.717, 1.165) is 13.1 Å². The lowest BCUT2D eigenvalue weighted by atomic mass is 9.94. The molecule has 0 aliphatic carbocycles. The molecule has 2 rings (SSSR count). The van der Waals surface area contributed by atoms with E-state index in [1.807, 2.05) is 11.4 Å². The molecule has 1 aromatic heterocycles. The van der Waals surface area contributed by atoms with E-state index in [2.05, 4.69) is 11.4 Å². The number of nitrogens with one attached hydrogen (secondary N) is 1. The Morgan fingerprint density at radius 3 is 3.08 bits per heavy atom. The first-order chi connectivity index (χ1) is 6.29. The summed E-state index contributed by atoms with van der Waals surface area (Å²) in [6.45, 7) is 1.59. The molecule has 1 aliphatic heterocycles. The maximum absolute atomic E-state index is 11.1. The molecule has 1 aromatic rings. The van der Waals surface area contributed by atoms with E-state index in [-0.39, 0.29) is 17.7 Å². The number of amides is 1. The summed E-state index contributed by atoms with van der Waals surface area (Å²) < 4.78 is 0. The SMILES string of the molecule is NC(=O)C1CNCC1c1cccs1. The second-order valence-electron chi connectivity index (χ2n) is 3.29. The minimum atomic E-state index is -0.191. The fourth-order valence-corrected chi connectivity index (χ4v) is 2.67. The van der Waals surface area contributed by atoms with E-state index in [9.17, 15) is 4.79 Å². The molecule has 2 atom stereocenters. The van der Waals surface area contributed by atoms with Crippen LogP contribution < -0.4 is 11.1 Å². The van der Waals surface area contributed by atoms with Gasteiger partial charge in [-0.05, 0) is 11.4 Å². The lowest BCUT2D eigenvalue weighted by molar-refractivity contribution is -0.121. The Labute approximate surface area is 80.9 Å². The fourth-order valence-electron chi connectivity index (χ4n) is 1.78. The molecule has 2 heterocycles. The molecule has 4 heteroatoms. The van der Waals surface area contributed by atoms with Crippen LogP contribution in [0.15, 0.2) is 17.5 Å². The second-order valence-corrected chi connectivity index (χ2v) is 4.27. The molecule has 2 unspecified atom stereocenters. The Balaban J connectivity index is 2.19. The van der Waals surface area contributed by atoms with E-state index in [1.54, 1.807) is 11.3 Å². The van der Waals surface area contributed by atoms with E-state index < -0.39 is 0 Å². The van der Waals surface area contributed by atoms with Gasteiger partial charge >= 0.3 is 0 Å². The predicted molar refractivity (Wildman–Crippen MR) is 52.6 cm³/mol. The molecule has 0 spiro atoms. The Morgan fingerprint density at radius 2 is 2.46 bits per heavy atom. The molecular weight excluding hydrogens is 184 g/mol. The number of carbonyl (C=O) groups excluding carboxylic acids is 1. The maximum Gasteiger partial charge on any atom is 0.222 e. The quantitative estimate of drug-likeness (QED) is 0.725. The largest absolute Gasteiger partial charge is 0.369 e. The first-order valence-electron chi connectivity index (χ1n) is 4.32. The normalized spacial score (nSPS) is 27.7. The Kier molecular flexibility index (Phi) is 2.33. The highest BCUT2D eigenvalue weighted by Crippen LogP contribution is 2.30. The Bertz CT molecular complexity index is 297. The highest BCUT2D eigenvalue weighted by molar-refractivity contribution is 7.10. The van der Waals surface area contributed by atoms with Crippen LogP contribution in [0.25, 0.3) is 0 Å². The highest BCUT2D eigenvalue weighted by atomic mass is 32.1. The summed E-state index contributed by atoms with van der Waals surface area (Å²) in [6.07, 6.45) is 0. The van der Waals surface area contributed by atoms with Gasteiger partial charge in [-0.1, -0.05) is 6.07 Å². The molecule has 70 valence electrons. The van der Waals surface area contributed by atoms with Crippen molar-refractivity contribution < 1.29 is 4.79 Å². The molecule has 0 saturated carbocycles. The van der Waals surface area contributed by atoms with Gasteiger partial charge in [-0.3, -0.25) is 4.79 Å². The summed E-state index contributed by atoms with van der Waals surface area (Å²) in [7, 11) is 0. The Morgan fingerprint density at radius 1 is 1.62 bits per heavy atom. The van der Waals surface area contributed by atoms with Crippen LogP contribution in [0.5, 0.6) is 0 Å². The molecule has 0 radical (unpaired) electrons. The molecule has 0 bridgehead atoms. The van der Waals surface area contributed by atoms with Gasteiger partial charge in [0, 0.05) is 23.9 Å². The van der Waals surface area contributed by atoms with Crippen molar-refractivity contribution in [2.45, 2.75) is 5.92 Å². The summed E-state index contributed by atoms with van der Waals surface area (Å²) in [4.78, 5) is 12.4. The summed E-state index contributed by atoms with van der Waals surface area (Å²) in [5.74, 6) is 0.0690. The zero-order valence-corrected chi connectivity index (χ0v) is 8.01. The second kappa shape index (κ2) is 3.47. The number of carbonyl (C=O) groups is 1. The summed E-state index contributed by atoms with van der Waals surface area (Å²) >= 11 is 1.69. The lowest BCUT2D eigenvalue weighted by Gasteiger charge is -2.12. The minimum Gasteiger partial charge on any atom is -0.369 e. The van der Waals surface area contributed by atoms with Crippen LogP contribution in [0.3, 0.4) is 0 Å². The molecule has 1 saturated heterocycles. The van der Waals surface area contributed by atoms with Crippen molar-refractivity contribution in [2.24, 2.45) is 11.7 Å². The molecule has 1 aliphatic rings. The van der Waals surface area contributed by atoms with Crippen LogP contribution >= 0.6 is 11.3 Å². The Hall–Kier alpha value is -0.870. The minimum absolute atomic E-state index is 0.0290. The van der Waals surface area contributed by atoms with Crippen LogP contribution in [-0.2, 0) is 4.79 Å². The van der Waals surface area contributed by atoms with E-state index in [1.165, 1.54) is 4.88 Å². The van der Waals surface area contributed by atoms with Crippen LogP contribution in [0.2, 0.25) is 0 Å². The summed E-state index contributed by atoms with van der Waals surface area (Å²) in [6, 6.07) is 4.08. The van der Waals surface area contributed by atoms with Crippen molar-refractivity contribution in [2.75, 3.05) is 13.1 Å². The van der Waals surface area contributed by atoms with Gasteiger partial charge in [0.1, 0.15) is 0 Å². The van der Waals surface area contributed by atoms with Crippen LogP contribution in [0.1, 0.15) is 10.8 Å². The number of hydrogen-bond donors (Lipinski definition) is 2.